The van der Waals surface area contributed by atoms with E-state index in [0.717, 1.165) is 0 Å². The van der Waals surface area contributed by atoms with Crippen LogP contribution in [0.4, 0.5) is 0 Å². The van der Waals surface area contributed by atoms with Gasteiger partial charge in [0.2, 0.25) is 0 Å². The van der Waals surface area contributed by atoms with Gasteiger partial charge in [0, 0.05) is 20.2 Å². The molecule has 2 aliphatic rings. The second kappa shape index (κ2) is 3.09. The second-order valence-corrected chi connectivity index (χ2v) is 3.39. The number of hydrogen-bond acceptors (Lipinski definition) is 3. The van der Waals surface area contributed by atoms with E-state index in [1.54, 1.807) is 0 Å². The van der Waals surface area contributed by atoms with Crippen LogP contribution in [-0.2, 0) is 4.74 Å². The Kier molecular flexibility index (Phi) is 2.11. The minimum Gasteiger partial charge on any atom is -0.381 e. The summed E-state index contributed by atoms with van der Waals surface area (Å²) in [7, 11) is 1.83. The van der Waals surface area contributed by atoms with Crippen LogP contribution in [0, 0.1) is 0 Å². The van der Waals surface area contributed by atoms with Crippen LogP contribution < -0.4 is 0 Å². The summed E-state index contributed by atoms with van der Waals surface area (Å²) in [5.74, 6) is 0. The number of fused-ring (bicyclic) bond motifs is 1. The van der Waals surface area contributed by atoms with Crippen LogP contribution in [0.15, 0.2) is 0 Å². The molecule has 0 aliphatic carbocycles. The highest BCUT2D eigenvalue weighted by molar-refractivity contribution is 4.74. The van der Waals surface area contributed by atoms with Crippen LogP contribution in [-0.4, -0.2) is 43.0 Å². The summed E-state index contributed by atoms with van der Waals surface area (Å²) in [6.07, 6.45) is 4.24. The van der Waals surface area contributed by atoms with Crippen molar-refractivity contribution in [2.24, 2.45) is 0 Å². The summed E-state index contributed by atoms with van der Waals surface area (Å²) in [6.45, 7) is 3.62. The average molecular weight is 156 g/mol. The summed E-state index contributed by atoms with van der Waals surface area (Å²) < 4.78 is 5.35. The van der Waals surface area contributed by atoms with Crippen LogP contribution in [0.1, 0.15) is 19.3 Å². The number of hydrogen-bond donors (Lipinski definition) is 0. The summed E-state index contributed by atoms with van der Waals surface area (Å²) in [5.41, 5.74) is 0. The summed E-state index contributed by atoms with van der Waals surface area (Å²) in [4.78, 5) is 0. The van der Waals surface area contributed by atoms with Crippen molar-refractivity contribution in [3.8, 4) is 0 Å². The maximum absolute atomic E-state index is 5.35. The molecule has 0 saturated carbocycles. The predicted molar refractivity (Wildman–Crippen MR) is 42.9 cm³/mol. The van der Waals surface area contributed by atoms with Crippen LogP contribution >= 0.6 is 0 Å². The lowest BCUT2D eigenvalue weighted by Gasteiger charge is -2.18. The molecule has 0 spiro atoms. The Hall–Kier alpha value is -0.120. The van der Waals surface area contributed by atoms with Gasteiger partial charge in [0.1, 0.15) is 0 Å². The maximum Gasteiger partial charge on any atom is 0.0787 e. The van der Waals surface area contributed by atoms with Gasteiger partial charge in [-0.3, -0.25) is 0 Å². The molecule has 2 rings (SSSR count). The van der Waals surface area contributed by atoms with E-state index in [-0.39, 0.29) is 0 Å². The van der Waals surface area contributed by atoms with E-state index in [0.29, 0.717) is 6.10 Å². The van der Waals surface area contributed by atoms with Gasteiger partial charge in [-0.1, -0.05) is 0 Å². The molecule has 2 heterocycles. The third-order valence-electron chi connectivity index (χ3n) is 2.63. The summed E-state index contributed by atoms with van der Waals surface area (Å²) in [6, 6.07) is 0. The normalized spacial score (nSPS) is 43.9. The molecule has 0 N–H and O–H groups in total. The van der Waals surface area contributed by atoms with Gasteiger partial charge in [-0.15, -0.1) is 0 Å². The first kappa shape index (κ1) is 7.53. The summed E-state index contributed by atoms with van der Waals surface area (Å²) in [5, 5.41) is 4.80. The van der Waals surface area contributed by atoms with Gasteiger partial charge in [-0.2, -0.15) is 0 Å². The molecule has 3 unspecified atom stereocenters. The molecular formula is C8H16N2O. The highest BCUT2D eigenvalue weighted by Crippen LogP contribution is 2.21. The molecule has 2 saturated heterocycles. The molecule has 0 aromatic carbocycles. The van der Waals surface area contributed by atoms with E-state index in [4.69, 9.17) is 4.74 Å². The molecule has 0 radical (unpaired) electrons. The molecule has 64 valence electrons. The topological polar surface area (TPSA) is 15.2 Å². The average Bonchev–Trinajstić information content (AvgIpc) is 2.68. The second-order valence-electron chi connectivity index (χ2n) is 3.39. The fourth-order valence-electron chi connectivity index (χ4n) is 1.76. The Labute approximate surface area is 67.9 Å². The zero-order valence-corrected chi connectivity index (χ0v) is 7.12. The van der Waals surface area contributed by atoms with Gasteiger partial charge in [0.15, 0.2) is 0 Å². The fourth-order valence-corrected chi connectivity index (χ4v) is 1.76. The number of ether oxygens (including phenoxy) is 1. The van der Waals surface area contributed by atoms with E-state index in [1.165, 1.54) is 39.0 Å². The van der Waals surface area contributed by atoms with Crippen molar-refractivity contribution in [2.75, 3.05) is 26.9 Å². The lowest BCUT2D eigenvalue weighted by Crippen LogP contribution is -2.22. The molecule has 0 aromatic heterocycles. The molecule has 2 aliphatic heterocycles. The predicted octanol–water partition coefficient (Wildman–Crippen LogP) is 0.675. The molecular weight excluding hydrogens is 140 g/mol. The van der Waals surface area contributed by atoms with Crippen molar-refractivity contribution in [1.82, 2.24) is 10.0 Å². The monoisotopic (exact) mass is 156 g/mol. The van der Waals surface area contributed by atoms with Gasteiger partial charge in [0.05, 0.1) is 12.8 Å². The lowest BCUT2D eigenvalue weighted by atomic mass is 10.1. The summed E-state index contributed by atoms with van der Waals surface area (Å²) >= 11 is 0. The first-order chi connectivity index (χ1) is 5.40. The van der Waals surface area contributed by atoms with Crippen LogP contribution in [0.5, 0.6) is 0 Å². The Morgan fingerprint density at radius 2 is 2.00 bits per heavy atom. The van der Waals surface area contributed by atoms with Crippen molar-refractivity contribution < 1.29 is 4.74 Å². The molecule has 3 nitrogen and oxygen atoms in total. The van der Waals surface area contributed by atoms with E-state index < -0.39 is 0 Å². The van der Waals surface area contributed by atoms with Crippen molar-refractivity contribution in [3.63, 3.8) is 0 Å². The highest BCUT2D eigenvalue weighted by atomic mass is 16.5. The molecule has 2 fully saturated rings. The van der Waals surface area contributed by atoms with Crippen molar-refractivity contribution in [2.45, 2.75) is 25.4 Å². The van der Waals surface area contributed by atoms with Crippen molar-refractivity contribution in [1.29, 1.82) is 0 Å². The van der Waals surface area contributed by atoms with Gasteiger partial charge < -0.3 is 4.74 Å². The third kappa shape index (κ3) is 1.72. The van der Waals surface area contributed by atoms with E-state index in [1.807, 2.05) is 7.11 Å². The standard InChI is InChI=1S/C8H16N2O/c1-11-8-3-2-5-9-7-10(9)6-4-8/h8H,2-7H2,1H3. The molecule has 0 bridgehead atoms. The Bertz CT molecular complexity index is 140. The number of nitrogens with zero attached hydrogens (tertiary/aromatic N) is 2. The Morgan fingerprint density at radius 3 is 2.82 bits per heavy atom. The largest absolute Gasteiger partial charge is 0.381 e. The van der Waals surface area contributed by atoms with Gasteiger partial charge in [0.25, 0.3) is 0 Å². The number of methoxy groups -OCH3 is 1. The first-order valence-corrected chi connectivity index (χ1v) is 4.43. The fraction of sp³-hybridized carbons (Fsp3) is 1.00. The Balaban J connectivity index is 1.80. The smallest absolute Gasteiger partial charge is 0.0787 e. The lowest BCUT2D eigenvalue weighted by molar-refractivity contribution is 0.0682. The molecule has 0 aromatic rings. The minimum atomic E-state index is 0.512. The number of hydrazine groups is 1. The zero-order valence-electron chi connectivity index (χ0n) is 7.12. The molecule has 3 atom stereocenters. The third-order valence-corrected chi connectivity index (χ3v) is 2.63. The van der Waals surface area contributed by atoms with Crippen molar-refractivity contribution in [3.05, 3.63) is 0 Å². The SMILES string of the molecule is COC1CCCN2CN2CC1. The van der Waals surface area contributed by atoms with E-state index in [2.05, 4.69) is 10.0 Å². The number of rotatable bonds is 1. The van der Waals surface area contributed by atoms with E-state index >= 15 is 0 Å². The Morgan fingerprint density at radius 1 is 1.18 bits per heavy atom. The zero-order chi connectivity index (χ0) is 7.68. The molecule has 11 heavy (non-hydrogen) atoms. The van der Waals surface area contributed by atoms with Crippen LogP contribution in [0.2, 0.25) is 0 Å². The van der Waals surface area contributed by atoms with E-state index in [9.17, 15) is 0 Å². The van der Waals surface area contributed by atoms with Crippen molar-refractivity contribution >= 4 is 0 Å². The minimum absolute atomic E-state index is 0.512. The van der Waals surface area contributed by atoms with Gasteiger partial charge in [-0.25, -0.2) is 10.0 Å². The highest BCUT2D eigenvalue weighted by Gasteiger charge is 2.32. The molecule has 0 amide bonds. The van der Waals surface area contributed by atoms with Gasteiger partial charge >= 0.3 is 0 Å². The molecule has 3 heteroatoms. The van der Waals surface area contributed by atoms with Crippen LogP contribution in [0.25, 0.3) is 0 Å². The first-order valence-electron chi connectivity index (χ1n) is 4.43. The quantitative estimate of drug-likeness (QED) is 0.519. The van der Waals surface area contributed by atoms with Gasteiger partial charge in [-0.05, 0) is 19.3 Å². The van der Waals surface area contributed by atoms with Crippen LogP contribution in [0.3, 0.4) is 0 Å². The maximum atomic E-state index is 5.35.